The van der Waals surface area contributed by atoms with Crippen LogP contribution in [0.25, 0.3) is 11.1 Å². The Bertz CT molecular complexity index is 1480. The molecule has 2 N–H and O–H groups in total. The van der Waals surface area contributed by atoms with Crippen LogP contribution in [0.3, 0.4) is 0 Å². The summed E-state index contributed by atoms with van der Waals surface area (Å²) in [7, 11) is -4.71. The van der Waals surface area contributed by atoms with Gasteiger partial charge in [0.15, 0.2) is 0 Å². The molecular formula is C26H21F6NO4S. The molecule has 12 heteroatoms. The molecule has 38 heavy (non-hydrogen) atoms. The van der Waals surface area contributed by atoms with Crippen LogP contribution in [0.15, 0.2) is 65.6 Å². The quantitative estimate of drug-likeness (QED) is 0.357. The molecule has 202 valence electrons. The van der Waals surface area contributed by atoms with E-state index in [4.69, 9.17) is 5.11 Å². The lowest BCUT2D eigenvalue weighted by Crippen LogP contribution is -2.36. The number of carboxylic acids is 1. The third-order valence-corrected chi connectivity index (χ3v) is 7.85. The van der Waals surface area contributed by atoms with Gasteiger partial charge in [-0.05, 0) is 65.3 Å². The van der Waals surface area contributed by atoms with Crippen molar-refractivity contribution in [3.8, 4) is 11.1 Å². The van der Waals surface area contributed by atoms with Gasteiger partial charge in [-0.25, -0.2) is 13.1 Å². The van der Waals surface area contributed by atoms with Crippen molar-refractivity contribution in [2.24, 2.45) is 0 Å². The van der Waals surface area contributed by atoms with Gasteiger partial charge in [0.05, 0.1) is 16.0 Å². The van der Waals surface area contributed by atoms with Gasteiger partial charge in [-0.3, -0.25) is 4.79 Å². The first kappa shape index (κ1) is 27.6. The summed E-state index contributed by atoms with van der Waals surface area (Å²) in [6.07, 6.45) is -9.40. The number of hydrogen-bond donors (Lipinski definition) is 2. The van der Waals surface area contributed by atoms with E-state index >= 15 is 0 Å². The maximum Gasteiger partial charge on any atom is 0.417 e. The molecule has 1 atom stereocenters. The molecule has 3 aromatic rings. The Balaban J connectivity index is 1.63. The normalized spacial score (nSPS) is 15.9. The van der Waals surface area contributed by atoms with Crippen LogP contribution >= 0.6 is 0 Å². The van der Waals surface area contributed by atoms with Crippen molar-refractivity contribution in [3.63, 3.8) is 0 Å². The second kappa shape index (κ2) is 10.1. The molecule has 3 aromatic carbocycles. The number of aryl methyl sites for hydroxylation is 1. The van der Waals surface area contributed by atoms with Crippen LogP contribution in [-0.2, 0) is 46.4 Å². The van der Waals surface area contributed by atoms with Crippen LogP contribution in [0.2, 0.25) is 0 Å². The van der Waals surface area contributed by atoms with E-state index in [1.165, 1.54) is 6.07 Å². The largest absolute Gasteiger partial charge is 0.481 e. The lowest BCUT2D eigenvalue weighted by atomic mass is 9.97. The minimum absolute atomic E-state index is 0.0848. The number of rotatable bonds is 7. The second-order valence-corrected chi connectivity index (χ2v) is 10.7. The summed E-state index contributed by atoms with van der Waals surface area (Å²) in [6, 6.07) is 10.6. The first-order valence-electron chi connectivity index (χ1n) is 11.4. The molecule has 1 aliphatic rings. The molecule has 0 radical (unpaired) electrons. The summed E-state index contributed by atoms with van der Waals surface area (Å²) in [5.41, 5.74) is -1.37. The minimum Gasteiger partial charge on any atom is -0.481 e. The summed E-state index contributed by atoms with van der Waals surface area (Å²) in [5, 5.41) is 8.85. The van der Waals surface area contributed by atoms with E-state index in [0.29, 0.717) is 12.1 Å². The van der Waals surface area contributed by atoms with E-state index in [1.54, 1.807) is 18.2 Å². The van der Waals surface area contributed by atoms with Crippen molar-refractivity contribution in [1.29, 1.82) is 0 Å². The zero-order chi connectivity index (χ0) is 27.9. The van der Waals surface area contributed by atoms with E-state index in [0.717, 1.165) is 41.0 Å². The summed E-state index contributed by atoms with van der Waals surface area (Å²) in [5.74, 6) is -0.968. The minimum atomic E-state index is -5.16. The summed E-state index contributed by atoms with van der Waals surface area (Å²) in [6.45, 7) is 0. The number of fused-ring (bicyclic) bond motifs is 1. The molecule has 0 amide bonds. The molecular weight excluding hydrogens is 536 g/mol. The van der Waals surface area contributed by atoms with Gasteiger partial charge in [0.1, 0.15) is 0 Å². The third-order valence-electron chi connectivity index (χ3n) is 6.27. The summed E-state index contributed by atoms with van der Waals surface area (Å²) < 4.78 is 111. The van der Waals surface area contributed by atoms with Crippen LogP contribution in [0.4, 0.5) is 26.3 Å². The van der Waals surface area contributed by atoms with Crippen LogP contribution in [0.5, 0.6) is 0 Å². The highest BCUT2D eigenvalue weighted by Crippen LogP contribution is 2.41. The molecule has 0 aromatic heterocycles. The number of sulfonamides is 1. The van der Waals surface area contributed by atoms with Gasteiger partial charge < -0.3 is 5.11 Å². The SMILES string of the molecule is O=C(O)CCc1ccc2c(c1)CC(NS(=O)(=O)c1ccc(-c3ccccc3C(F)(F)F)cc1C(F)(F)F)C2. The van der Waals surface area contributed by atoms with Gasteiger partial charge in [-0.15, -0.1) is 0 Å². The summed E-state index contributed by atoms with van der Waals surface area (Å²) >= 11 is 0. The highest BCUT2D eigenvalue weighted by molar-refractivity contribution is 7.89. The molecule has 0 saturated heterocycles. The predicted octanol–water partition coefficient (Wildman–Crippen LogP) is 5.85. The van der Waals surface area contributed by atoms with E-state index in [-0.39, 0.29) is 25.7 Å². The molecule has 0 bridgehead atoms. The highest BCUT2D eigenvalue weighted by atomic mass is 32.2. The Kier molecular flexibility index (Phi) is 7.32. The predicted molar refractivity (Wildman–Crippen MR) is 126 cm³/mol. The zero-order valence-corrected chi connectivity index (χ0v) is 20.3. The second-order valence-electron chi connectivity index (χ2n) is 8.98. The Morgan fingerprint density at radius 1 is 0.868 bits per heavy atom. The Morgan fingerprint density at radius 2 is 1.53 bits per heavy atom. The Morgan fingerprint density at radius 3 is 2.18 bits per heavy atom. The number of benzene rings is 3. The van der Waals surface area contributed by atoms with Gasteiger partial charge in [0, 0.05) is 12.5 Å². The van der Waals surface area contributed by atoms with Crippen molar-refractivity contribution in [2.75, 3.05) is 0 Å². The van der Waals surface area contributed by atoms with Crippen molar-refractivity contribution >= 4 is 16.0 Å². The molecule has 5 nitrogen and oxygen atoms in total. The number of aliphatic carboxylic acids is 1. The molecule has 1 unspecified atom stereocenters. The smallest absolute Gasteiger partial charge is 0.417 e. The monoisotopic (exact) mass is 557 g/mol. The first-order valence-corrected chi connectivity index (χ1v) is 12.9. The van der Waals surface area contributed by atoms with E-state index in [1.807, 2.05) is 0 Å². The maximum atomic E-state index is 14.0. The van der Waals surface area contributed by atoms with Gasteiger partial charge in [0.2, 0.25) is 10.0 Å². The molecule has 0 spiro atoms. The zero-order valence-electron chi connectivity index (χ0n) is 19.5. The van der Waals surface area contributed by atoms with Gasteiger partial charge in [-0.2, -0.15) is 26.3 Å². The molecule has 0 fully saturated rings. The molecule has 0 aliphatic heterocycles. The van der Waals surface area contributed by atoms with Gasteiger partial charge in [0.25, 0.3) is 0 Å². The highest BCUT2D eigenvalue weighted by Gasteiger charge is 2.40. The van der Waals surface area contributed by atoms with Crippen molar-refractivity contribution in [3.05, 3.63) is 88.5 Å². The van der Waals surface area contributed by atoms with Crippen molar-refractivity contribution < 1.29 is 44.7 Å². The Labute approximate surface area is 214 Å². The Hall–Kier alpha value is -3.38. The van der Waals surface area contributed by atoms with E-state index < -0.39 is 61.5 Å². The first-order chi connectivity index (χ1) is 17.6. The average Bonchev–Trinajstić information content (AvgIpc) is 3.22. The molecule has 0 saturated carbocycles. The number of hydrogen-bond acceptors (Lipinski definition) is 3. The topological polar surface area (TPSA) is 83.5 Å². The number of halogens is 6. The molecule has 1 aliphatic carbocycles. The van der Waals surface area contributed by atoms with E-state index in [9.17, 15) is 39.6 Å². The average molecular weight is 558 g/mol. The van der Waals surface area contributed by atoms with Crippen molar-refractivity contribution in [2.45, 2.75) is 49.0 Å². The van der Waals surface area contributed by atoms with Crippen LogP contribution in [0, 0.1) is 0 Å². The van der Waals surface area contributed by atoms with Gasteiger partial charge >= 0.3 is 18.3 Å². The lowest BCUT2D eigenvalue weighted by Gasteiger charge is -2.19. The molecule has 4 rings (SSSR count). The standard InChI is InChI=1S/C26H21F6NO4S/c27-25(28,29)21-4-2-1-3-20(21)17-8-9-23(22(14-17)26(30,31)32)38(36,37)33-19-12-16-7-5-15(6-10-24(34)35)11-18(16)13-19/h1-5,7-9,11,14,19,33H,6,10,12-13H2,(H,34,35). The van der Waals surface area contributed by atoms with E-state index in [2.05, 4.69) is 4.72 Å². The number of carboxylic acid groups (broad SMARTS) is 1. The number of nitrogens with one attached hydrogen (secondary N) is 1. The number of carbonyl (C=O) groups is 1. The number of alkyl halides is 6. The molecule has 0 heterocycles. The third kappa shape index (κ3) is 6.02. The fourth-order valence-corrected chi connectivity index (χ4v) is 6.02. The lowest BCUT2D eigenvalue weighted by molar-refractivity contribution is -0.140. The maximum absolute atomic E-state index is 14.0. The summed E-state index contributed by atoms with van der Waals surface area (Å²) in [4.78, 5) is 9.72. The fraction of sp³-hybridized carbons (Fsp3) is 0.269. The van der Waals surface area contributed by atoms with Gasteiger partial charge in [-0.1, -0.05) is 42.5 Å². The van der Waals surface area contributed by atoms with Crippen molar-refractivity contribution in [1.82, 2.24) is 4.72 Å². The fourth-order valence-electron chi connectivity index (χ4n) is 4.58. The van der Waals surface area contributed by atoms with Crippen LogP contribution in [-0.4, -0.2) is 25.5 Å². The van der Waals surface area contributed by atoms with Crippen LogP contribution < -0.4 is 4.72 Å². The van der Waals surface area contributed by atoms with Crippen LogP contribution in [0.1, 0.15) is 34.2 Å².